The molecule has 96 valence electrons. The van der Waals surface area contributed by atoms with Gasteiger partial charge in [-0.3, -0.25) is 0 Å². The van der Waals surface area contributed by atoms with Gasteiger partial charge >= 0.3 is 0 Å². The van der Waals surface area contributed by atoms with Crippen molar-refractivity contribution >= 4 is 21.7 Å². The van der Waals surface area contributed by atoms with Crippen LogP contribution in [0, 0.1) is 0 Å². The van der Waals surface area contributed by atoms with E-state index in [4.69, 9.17) is 4.74 Å². The van der Waals surface area contributed by atoms with Crippen molar-refractivity contribution in [2.24, 2.45) is 7.05 Å². The standard InChI is InChI=1S/C10H13BrN6O/c1-12-7-4-6(13-8(14-7)5-18-3)9-10(11)15-16-17(9)2/h4H,5H2,1-3H3,(H,12,13,14). The van der Waals surface area contributed by atoms with E-state index >= 15 is 0 Å². The van der Waals surface area contributed by atoms with Crippen LogP contribution in [0.4, 0.5) is 5.82 Å². The van der Waals surface area contributed by atoms with Crippen molar-refractivity contribution in [2.45, 2.75) is 6.61 Å². The third-order valence-corrected chi connectivity index (χ3v) is 2.86. The molecule has 0 saturated carbocycles. The zero-order valence-corrected chi connectivity index (χ0v) is 11.9. The van der Waals surface area contributed by atoms with Gasteiger partial charge in [-0.15, -0.1) is 5.10 Å². The predicted octanol–water partition coefficient (Wildman–Crippen LogP) is 1.22. The quantitative estimate of drug-likeness (QED) is 0.914. The molecule has 0 aliphatic carbocycles. The number of methoxy groups -OCH3 is 1. The molecule has 0 bridgehead atoms. The number of ether oxygens (including phenoxy) is 1. The Morgan fingerprint density at radius 2 is 2.22 bits per heavy atom. The molecule has 2 rings (SSSR count). The summed E-state index contributed by atoms with van der Waals surface area (Å²) in [7, 11) is 5.22. The van der Waals surface area contributed by atoms with Crippen molar-refractivity contribution in [1.29, 1.82) is 0 Å². The molecular weight excluding hydrogens is 300 g/mol. The minimum Gasteiger partial charge on any atom is -0.377 e. The number of rotatable bonds is 4. The maximum absolute atomic E-state index is 5.06. The fraction of sp³-hybridized carbons (Fsp3) is 0.400. The number of nitrogens with one attached hydrogen (secondary N) is 1. The number of halogens is 1. The highest BCUT2D eigenvalue weighted by atomic mass is 79.9. The normalized spacial score (nSPS) is 10.7. The van der Waals surface area contributed by atoms with Gasteiger partial charge in [0, 0.05) is 27.3 Å². The Labute approximate surface area is 113 Å². The van der Waals surface area contributed by atoms with E-state index in [0.717, 1.165) is 17.2 Å². The van der Waals surface area contributed by atoms with E-state index in [9.17, 15) is 0 Å². The number of hydrogen-bond donors (Lipinski definition) is 1. The van der Waals surface area contributed by atoms with Crippen LogP contribution in [0.3, 0.4) is 0 Å². The summed E-state index contributed by atoms with van der Waals surface area (Å²) in [6, 6.07) is 1.84. The fourth-order valence-corrected chi connectivity index (χ4v) is 2.07. The number of aromatic nitrogens is 5. The lowest BCUT2D eigenvalue weighted by atomic mass is 10.3. The fourth-order valence-electron chi connectivity index (χ4n) is 1.54. The molecular formula is C10H13BrN6O. The maximum atomic E-state index is 5.06. The molecule has 0 atom stereocenters. The molecule has 18 heavy (non-hydrogen) atoms. The second kappa shape index (κ2) is 5.40. The van der Waals surface area contributed by atoms with E-state index in [-0.39, 0.29) is 0 Å². The summed E-state index contributed by atoms with van der Waals surface area (Å²) in [5.41, 5.74) is 1.53. The molecule has 2 aromatic rings. The van der Waals surface area contributed by atoms with Crippen LogP contribution in [0.5, 0.6) is 0 Å². The molecule has 0 spiro atoms. The van der Waals surface area contributed by atoms with Crippen molar-refractivity contribution in [1.82, 2.24) is 25.0 Å². The Balaban J connectivity index is 2.53. The van der Waals surface area contributed by atoms with Crippen LogP contribution >= 0.6 is 15.9 Å². The third kappa shape index (κ3) is 2.49. The lowest BCUT2D eigenvalue weighted by Crippen LogP contribution is -2.04. The molecule has 0 saturated heterocycles. The molecule has 0 amide bonds. The Morgan fingerprint density at radius 1 is 1.44 bits per heavy atom. The van der Waals surface area contributed by atoms with Gasteiger partial charge in [0.1, 0.15) is 18.1 Å². The first-order chi connectivity index (χ1) is 8.65. The molecule has 0 fully saturated rings. The Bertz CT molecular complexity index is 536. The van der Waals surface area contributed by atoms with E-state index in [1.807, 2.05) is 13.1 Å². The number of anilines is 1. The molecule has 0 aliphatic heterocycles. The summed E-state index contributed by atoms with van der Waals surface area (Å²) in [4.78, 5) is 8.73. The van der Waals surface area contributed by atoms with Crippen LogP contribution in [0.2, 0.25) is 0 Å². The van der Waals surface area contributed by atoms with Crippen molar-refractivity contribution in [3.63, 3.8) is 0 Å². The Hall–Kier alpha value is -1.54. The van der Waals surface area contributed by atoms with Crippen LogP contribution in [0.25, 0.3) is 11.4 Å². The van der Waals surface area contributed by atoms with E-state index < -0.39 is 0 Å². The molecule has 2 heterocycles. The van der Waals surface area contributed by atoms with Crippen molar-refractivity contribution in [3.05, 3.63) is 16.5 Å². The van der Waals surface area contributed by atoms with Gasteiger partial charge in [0.25, 0.3) is 0 Å². The highest BCUT2D eigenvalue weighted by Crippen LogP contribution is 2.25. The molecule has 0 aliphatic rings. The second-order valence-corrected chi connectivity index (χ2v) is 4.34. The monoisotopic (exact) mass is 312 g/mol. The zero-order valence-electron chi connectivity index (χ0n) is 10.3. The van der Waals surface area contributed by atoms with Gasteiger partial charge < -0.3 is 10.1 Å². The van der Waals surface area contributed by atoms with Gasteiger partial charge in [-0.25, -0.2) is 14.6 Å². The predicted molar refractivity (Wildman–Crippen MR) is 70.0 cm³/mol. The van der Waals surface area contributed by atoms with E-state index in [0.29, 0.717) is 17.0 Å². The molecule has 7 nitrogen and oxygen atoms in total. The lowest BCUT2D eigenvalue weighted by Gasteiger charge is -2.07. The first-order valence-electron chi connectivity index (χ1n) is 5.26. The zero-order chi connectivity index (χ0) is 13.1. The van der Waals surface area contributed by atoms with Gasteiger partial charge in [0.2, 0.25) is 0 Å². The average molecular weight is 313 g/mol. The van der Waals surface area contributed by atoms with Gasteiger partial charge in [-0.05, 0) is 15.9 Å². The van der Waals surface area contributed by atoms with Gasteiger partial charge in [-0.2, -0.15) is 0 Å². The molecule has 8 heteroatoms. The molecule has 1 N–H and O–H groups in total. The highest BCUT2D eigenvalue weighted by molar-refractivity contribution is 9.10. The Kier molecular flexibility index (Phi) is 3.87. The minimum absolute atomic E-state index is 0.353. The van der Waals surface area contributed by atoms with Crippen molar-refractivity contribution in [2.75, 3.05) is 19.5 Å². The molecule has 0 unspecified atom stereocenters. The topological polar surface area (TPSA) is 77.8 Å². The smallest absolute Gasteiger partial charge is 0.157 e. The van der Waals surface area contributed by atoms with E-state index in [1.165, 1.54) is 0 Å². The van der Waals surface area contributed by atoms with Crippen molar-refractivity contribution < 1.29 is 4.74 Å². The summed E-state index contributed by atoms with van der Waals surface area (Å²) < 4.78 is 7.36. The highest BCUT2D eigenvalue weighted by Gasteiger charge is 2.14. The third-order valence-electron chi connectivity index (χ3n) is 2.33. The summed E-state index contributed by atoms with van der Waals surface area (Å²) in [5, 5.41) is 10.9. The number of hydrogen-bond acceptors (Lipinski definition) is 6. The second-order valence-electron chi connectivity index (χ2n) is 3.59. The summed E-state index contributed by atoms with van der Waals surface area (Å²) in [6.07, 6.45) is 0. The van der Waals surface area contributed by atoms with E-state index in [2.05, 4.69) is 41.5 Å². The Morgan fingerprint density at radius 3 is 2.78 bits per heavy atom. The van der Waals surface area contributed by atoms with Crippen LogP contribution < -0.4 is 5.32 Å². The van der Waals surface area contributed by atoms with Crippen molar-refractivity contribution in [3.8, 4) is 11.4 Å². The SMILES string of the molecule is CNc1cc(-c2c(Br)nnn2C)nc(COC)n1. The molecule has 0 radical (unpaired) electrons. The number of aryl methyl sites for hydroxylation is 1. The summed E-state index contributed by atoms with van der Waals surface area (Å²) in [5.74, 6) is 1.33. The maximum Gasteiger partial charge on any atom is 0.157 e. The number of nitrogens with zero attached hydrogens (tertiary/aromatic N) is 5. The molecule has 0 aromatic carbocycles. The van der Waals surface area contributed by atoms with Crippen LogP contribution in [0.15, 0.2) is 10.7 Å². The van der Waals surface area contributed by atoms with Gasteiger partial charge in [-0.1, -0.05) is 5.21 Å². The van der Waals surface area contributed by atoms with Crippen LogP contribution in [0.1, 0.15) is 5.82 Å². The van der Waals surface area contributed by atoms with Gasteiger partial charge in [0.15, 0.2) is 10.4 Å². The summed E-state index contributed by atoms with van der Waals surface area (Å²) >= 11 is 3.36. The van der Waals surface area contributed by atoms with E-state index in [1.54, 1.807) is 18.8 Å². The summed E-state index contributed by atoms with van der Waals surface area (Å²) in [6.45, 7) is 0.353. The largest absolute Gasteiger partial charge is 0.377 e. The van der Waals surface area contributed by atoms with Gasteiger partial charge in [0.05, 0.1) is 5.69 Å². The average Bonchev–Trinajstić information content (AvgIpc) is 2.69. The lowest BCUT2D eigenvalue weighted by molar-refractivity contribution is 0.178. The molecule has 2 aromatic heterocycles. The minimum atomic E-state index is 0.353. The first-order valence-corrected chi connectivity index (χ1v) is 6.05. The van der Waals surface area contributed by atoms with Crippen LogP contribution in [-0.4, -0.2) is 39.1 Å². The first kappa shape index (κ1) is 12.9. The van der Waals surface area contributed by atoms with Crippen LogP contribution in [-0.2, 0) is 18.4 Å².